The summed E-state index contributed by atoms with van der Waals surface area (Å²) in [6.45, 7) is 0. The molecule has 0 heterocycles. The van der Waals surface area contributed by atoms with Gasteiger partial charge in [0.05, 0.1) is 26.1 Å². The van der Waals surface area contributed by atoms with E-state index in [1.54, 1.807) is 21.3 Å². The molecule has 2 aliphatic carbocycles. The smallest absolute Gasteiger partial charge is 0.120 e. The highest BCUT2D eigenvalue weighted by atomic mass is 16.5. The second-order valence-electron chi connectivity index (χ2n) is 15.6. The molecule has 0 radical (unpaired) electrons. The highest BCUT2D eigenvalue weighted by Gasteiger charge is 2.23. The Bertz CT molecular complexity index is 2750. The SMILES string of the molecule is COC1=CC(N(c2ccccc2)c2ccc(N(c3ccc(N(C4=CC=CC(OC)C4)c4ccccc4)cc3)c3ccc(N(c4ccccc4)c4cccc(OC)c4)cc3)cc2)=CCC1. The van der Waals surface area contributed by atoms with Crippen molar-refractivity contribution in [3.05, 3.63) is 236 Å². The molecule has 7 aromatic carbocycles. The van der Waals surface area contributed by atoms with Gasteiger partial charge < -0.3 is 33.8 Å². The first kappa shape index (κ1) is 41.6. The summed E-state index contributed by atoms with van der Waals surface area (Å²) in [7, 11) is 5.23. The summed E-state index contributed by atoms with van der Waals surface area (Å²) in [5.41, 5.74) is 12.7. The first-order valence-electron chi connectivity index (χ1n) is 21.7. The van der Waals surface area contributed by atoms with E-state index >= 15 is 0 Å². The standard InChI is InChI=1S/C57H52N4O3/c1-62-55-25-13-22-52(40-55)59(43-16-7-4-8-17-43)49-34-28-46(29-35-49)58(47-30-36-50(37-31-47)60(44-18-9-5-10-19-44)53-23-14-26-56(41-53)63-2)48-32-38-51(39-33-48)61(45-20-11-6-12-21-45)54-24-15-27-57(42-54)64-3/h4-14,16-26,28-40,42,56H,15,27,41H2,1-3H3. The number of para-hydroxylation sites is 3. The van der Waals surface area contributed by atoms with Crippen LogP contribution >= 0.6 is 0 Å². The lowest BCUT2D eigenvalue weighted by atomic mass is 10.0. The van der Waals surface area contributed by atoms with E-state index in [9.17, 15) is 0 Å². The molecule has 1 atom stereocenters. The Kier molecular flexibility index (Phi) is 12.7. The molecule has 0 aliphatic heterocycles. The maximum Gasteiger partial charge on any atom is 0.120 e. The quantitative estimate of drug-likeness (QED) is 0.102. The molecular weight excluding hydrogens is 789 g/mol. The number of rotatable bonds is 15. The number of hydrogen-bond acceptors (Lipinski definition) is 7. The van der Waals surface area contributed by atoms with Gasteiger partial charge in [0.2, 0.25) is 0 Å². The van der Waals surface area contributed by atoms with Crippen LogP contribution in [0.1, 0.15) is 19.3 Å². The predicted molar refractivity (Wildman–Crippen MR) is 265 cm³/mol. The van der Waals surface area contributed by atoms with E-state index in [0.717, 1.165) is 93.3 Å². The predicted octanol–water partition coefficient (Wildman–Crippen LogP) is 15.0. The molecule has 0 spiro atoms. The summed E-state index contributed by atoms with van der Waals surface area (Å²) in [5.74, 6) is 1.78. The van der Waals surface area contributed by atoms with Gasteiger partial charge in [0.1, 0.15) is 5.75 Å². The molecule has 7 heteroatoms. The maximum atomic E-state index is 5.78. The second kappa shape index (κ2) is 19.5. The minimum Gasteiger partial charge on any atom is -0.501 e. The molecule has 0 bridgehead atoms. The highest BCUT2D eigenvalue weighted by Crippen LogP contribution is 2.43. The summed E-state index contributed by atoms with van der Waals surface area (Å²) < 4.78 is 17.2. The van der Waals surface area contributed by atoms with Crippen LogP contribution < -0.4 is 24.3 Å². The Morgan fingerprint density at radius 2 is 0.875 bits per heavy atom. The first-order chi connectivity index (χ1) is 31.6. The van der Waals surface area contributed by atoms with E-state index < -0.39 is 0 Å². The second-order valence-corrected chi connectivity index (χ2v) is 15.6. The summed E-state index contributed by atoms with van der Waals surface area (Å²) in [4.78, 5) is 9.20. The maximum absolute atomic E-state index is 5.78. The summed E-state index contributed by atoms with van der Waals surface area (Å²) in [6.07, 6.45) is 13.4. The topological polar surface area (TPSA) is 40.7 Å². The third-order valence-corrected chi connectivity index (χ3v) is 11.6. The minimum absolute atomic E-state index is 0.0129. The lowest BCUT2D eigenvalue weighted by molar-refractivity contribution is 0.140. The van der Waals surface area contributed by atoms with Gasteiger partial charge in [0.15, 0.2) is 0 Å². The molecule has 2 aliphatic rings. The Labute approximate surface area is 377 Å². The van der Waals surface area contributed by atoms with Crippen LogP contribution in [0.4, 0.5) is 56.9 Å². The van der Waals surface area contributed by atoms with Crippen molar-refractivity contribution in [1.82, 2.24) is 0 Å². The van der Waals surface area contributed by atoms with E-state index in [0.29, 0.717) is 0 Å². The van der Waals surface area contributed by atoms with Gasteiger partial charge in [0, 0.05) is 94.3 Å². The summed E-state index contributed by atoms with van der Waals surface area (Å²) in [6, 6.07) is 66.2. The van der Waals surface area contributed by atoms with Crippen LogP contribution in [-0.2, 0) is 9.47 Å². The van der Waals surface area contributed by atoms with Crippen molar-refractivity contribution in [3.63, 3.8) is 0 Å². The molecule has 7 aromatic rings. The van der Waals surface area contributed by atoms with Gasteiger partial charge in [-0.1, -0.05) is 78.9 Å². The van der Waals surface area contributed by atoms with E-state index in [-0.39, 0.29) is 6.10 Å². The fourth-order valence-electron chi connectivity index (χ4n) is 8.49. The van der Waals surface area contributed by atoms with E-state index in [1.165, 1.54) is 5.70 Å². The Hall–Kier alpha value is -7.74. The molecule has 0 amide bonds. The lowest BCUT2D eigenvalue weighted by Crippen LogP contribution is -2.22. The van der Waals surface area contributed by atoms with Gasteiger partial charge in [-0.15, -0.1) is 0 Å². The largest absolute Gasteiger partial charge is 0.501 e. The van der Waals surface area contributed by atoms with Crippen molar-refractivity contribution in [1.29, 1.82) is 0 Å². The van der Waals surface area contributed by atoms with Crippen molar-refractivity contribution in [2.45, 2.75) is 25.4 Å². The number of ether oxygens (including phenoxy) is 3. The van der Waals surface area contributed by atoms with E-state index in [2.05, 4.69) is 220 Å². The number of benzene rings is 7. The highest BCUT2D eigenvalue weighted by molar-refractivity contribution is 5.83. The molecule has 0 N–H and O–H groups in total. The first-order valence-corrected chi connectivity index (χ1v) is 21.7. The van der Waals surface area contributed by atoms with Crippen LogP contribution in [-0.4, -0.2) is 27.4 Å². The number of methoxy groups -OCH3 is 3. The number of hydrogen-bond donors (Lipinski definition) is 0. The third kappa shape index (κ3) is 9.07. The fraction of sp³-hybridized carbons (Fsp3) is 0.123. The van der Waals surface area contributed by atoms with Crippen LogP contribution in [0, 0.1) is 0 Å². The fourth-order valence-corrected chi connectivity index (χ4v) is 8.49. The van der Waals surface area contributed by atoms with Gasteiger partial charge in [-0.3, -0.25) is 0 Å². The zero-order chi connectivity index (χ0) is 43.7. The van der Waals surface area contributed by atoms with Crippen molar-refractivity contribution in [3.8, 4) is 5.75 Å². The molecule has 1 unspecified atom stereocenters. The zero-order valence-electron chi connectivity index (χ0n) is 36.5. The average Bonchev–Trinajstić information content (AvgIpc) is 3.37. The Morgan fingerprint density at radius 1 is 0.438 bits per heavy atom. The van der Waals surface area contributed by atoms with Crippen molar-refractivity contribution >= 4 is 56.9 Å². The Morgan fingerprint density at radius 3 is 1.38 bits per heavy atom. The van der Waals surface area contributed by atoms with Gasteiger partial charge in [-0.05, 0) is 140 Å². The minimum atomic E-state index is 0.0129. The Balaban J connectivity index is 1.13. The molecule has 318 valence electrons. The number of allylic oxidation sites excluding steroid dienone is 5. The molecule has 0 fully saturated rings. The van der Waals surface area contributed by atoms with Gasteiger partial charge in [0.25, 0.3) is 0 Å². The summed E-state index contributed by atoms with van der Waals surface area (Å²) >= 11 is 0. The molecule has 0 saturated carbocycles. The molecular formula is C57H52N4O3. The number of anilines is 10. The molecule has 0 saturated heterocycles. The average molecular weight is 841 g/mol. The van der Waals surface area contributed by atoms with Crippen LogP contribution in [0.5, 0.6) is 5.75 Å². The van der Waals surface area contributed by atoms with E-state index in [4.69, 9.17) is 14.2 Å². The van der Waals surface area contributed by atoms with Crippen molar-refractivity contribution < 1.29 is 14.2 Å². The van der Waals surface area contributed by atoms with Crippen LogP contribution in [0.2, 0.25) is 0 Å². The zero-order valence-corrected chi connectivity index (χ0v) is 36.5. The van der Waals surface area contributed by atoms with E-state index in [1.807, 2.05) is 18.2 Å². The molecule has 9 rings (SSSR count). The van der Waals surface area contributed by atoms with Gasteiger partial charge in [-0.2, -0.15) is 0 Å². The third-order valence-electron chi connectivity index (χ3n) is 11.6. The normalized spacial score (nSPS) is 14.4. The molecule has 7 nitrogen and oxygen atoms in total. The van der Waals surface area contributed by atoms with Gasteiger partial charge >= 0.3 is 0 Å². The van der Waals surface area contributed by atoms with Crippen LogP contribution in [0.15, 0.2) is 236 Å². The van der Waals surface area contributed by atoms with Crippen LogP contribution in [0.25, 0.3) is 0 Å². The van der Waals surface area contributed by atoms with Gasteiger partial charge in [-0.25, -0.2) is 0 Å². The lowest BCUT2D eigenvalue weighted by Gasteiger charge is -2.32. The van der Waals surface area contributed by atoms with Crippen molar-refractivity contribution in [2.75, 3.05) is 40.9 Å². The monoisotopic (exact) mass is 840 g/mol. The van der Waals surface area contributed by atoms with Crippen LogP contribution in [0.3, 0.4) is 0 Å². The van der Waals surface area contributed by atoms with Crippen molar-refractivity contribution in [2.24, 2.45) is 0 Å². The molecule has 0 aromatic heterocycles. The molecule has 64 heavy (non-hydrogen) atoms. The number of nitrogens with zero attached hydrogens (tertiary/aromatic N) is 4. The summed E-state index contributed by atoms with van der Waals surface area (Å²) in [5, 5.41) is 0.